The van der Waals surface area contributed by atoms with Crippen molar-refractivity contribution in [3.8, 4) is 0 Å². The van der Waals surface area contributed by atoms with Crippen LogP contribution in [0.4, 0.5) is 14.5 Å². The third-order valence-electron chi connectivity index (χ3n) is 1.77. The van der Waals surface area contributed by atoms with E-state index in [2.05, 4.69) is 20.7 Å². The Morgan fingerprint density at radius 3 is 2.50 bits per heavy atom. The lowest BCUT2D eigenvalue weighted by atomic mass is 10.3. The zero-order valence-electron chi connectivity index (χ0n) is 7.87. The lowest BCUT2D eigenvalue weighted by Gasteiger charge is -2.02. The maximum absolute atomic E-state index is 12.8. The highest BCUT2D eigenvalue weighted by molar-refractivity contribution is 6.02. The number of nitrogens with zero attached hydrogens (tertiary/aromatic N) is 2. The number of nitrogens with one attached hydrogen (secondary N) is 2. The first-order chi connectivity index (χ1) is 7.65. The van der Waals surface area contributed by atoms with Gasteiger partial charge in [0.1, 0.15) is 11.6 Å². The van der Waals surface area contributed by atoms with Gasteiger partial charge in [-0.1, -0.05) is 0 Å². The number of hydrogen-bond acceptors (Lipinski definition) is 3. The summed E-state index contributed by atoms with van der Waals surface area (Å²) in [5.74, 6) is -2.13. The molecule has 2 aromatic rings. The molecule has 0 aliphatic rings. The van der Waals surface area contributed by atoms with E-state index in [1.165, 1.54) is 6.20 Å². The molecule has 0 fully saturated rings. The zero-order valence-corrected chi connectivity index (χ0v) is 7.87. The molecule has 5 nitrogen and oxygen atoms in total. The minimum Gasteiger partial charge on any atom is -0.320 e. The van der Waals surface area contributed by atoms with Crippen molar-refractivity contribution in [2.24, 2.45) is 0 Å². The SMILES string of the molecule is O=C(Nc1cc(F)cc(F)c1)c1cn[nH]n1. The number of aromatic amines is 1. The van der Waals surface area contributed by atoms with Gasteiger partial charge in [-0.25, -0.2) is 8.78 Å². The third kappa shape index (κ3) is 2.19. The largest absolute Gasteiger partial charge is 0.320 e. The maximum Gasteiger partial charge on any atom is 0.277 e. The van der Waals surface area contributed by atoms with Gasteiger partial charge in [-0.2, -0.15) is 15.4 Å². The predicted molar refractivity (Wildman–Crippen MR) is 50.7 cm³/mol. The average Bonchev–Trinajstić information content (AvgIpc) is 2.68. The number of anilines is 1. The Kier molecular flexibility index (Phi) is 2.59. The second-order valence-electron chi connectivity index (χ2n) is 2.97. The topological polar surface area (TPSA) is 70.7 Å². The summed E-state index contributed by atoms with van der Waals surface area (Å²) >= 11 is 0. The van der Waals surface area contributed by atoms with Crippen LogP contribution in [0.1, 0.15) is 10.5 Å². The van der Waals surface area contributed by atoms with Crippen LogP contribution in [0, 0.1) is 11.6 Å². The lowest BCUT2D eigenvalue weighted by molar-refractivity contribution is 0.102. The normalized spacial score (nSPS) is 10.1. The second kappa shape index (κ2) is 4.05. The van der Waals surface area contributed by atoms with Crippen molar-refractivity contribution in [2.75, 3.05) is 5.32 Å². The minimum atomic E-state index is -0.768. The van der Waals surface area contributed by atoms with Gasteiger partial charge in [0, 0.05) is 11.8 Å². The summed E-state index contributed by atoms with van der Waals surface area (Å²) in [7, 11) is 0. The van der Waals surface area contributed by atoms with Gasteiger partial charge in [0.05, 0.1) is 6.20 Å². The molecule has 0 radical (unpaired) electrons. The van der Waals surface area contributed by atoms with E-state index in [-0.39, 0.29) is 11.4 Å². The third-order valence-corrected chi connectivity index (χ3v) is 1.77. The van der Waals surface area contributed by atoms with E-state index in [0.717, 1.165) is 12.1 Å². The van der Waals surface area contributed by atoms with Crippen LogP contribution in [-0.4, -0.2) is 21.3 Å². The molecular weight excluding hydrogens is 218 g/mol. The summed E-state index contributed by atoms with van der Waals surface area (Å²) in [5, 5.41) is 11.5. The number of hydrogen-bond donors (Lipinski definition) is 2. The molecular formula is C9H6F2N4O. The Hall–Kier alpha value is -2.31. The van der Waals surface area contributed by atoms with Gasteiger partial charge in [0.15, 0.2) is 5.69 Å². The molecule has 0 saturated carbocycles. The Balaban J connectivity index is 2.18. The smallest absolute Gasteiger partial charge is 0.277 e. The number of halogens is 2. The number of amides is 1. The van der Waals surface area contributed by atoms with Crippen molar-refractivity contribution < 1.29 is 13.6 Å². The predicted octanol–water partition coefficient (Wildman–Crippen LogP) is 1.34. The summed E-state index contributed by atoms with van der Waals surface area (Å²) < 4.78 is 25.6. The highest BCUT2D eigenvalue weighted by Gasteiger charge is 2.09. The first-order valence-electron chi connectivity index (χ1n) is 4.28. The summed E-state index contributed by atoms with van der Waals surface area (Å²) in [4.78, 5) is 11.4. The molecule has 2 N–H and O–H groups in total. The Morgan fingerprint density at radius 1 is 1.25 bits per heavy atom. The van der Waals surface area contributed by atoms with Gasteiger partial charge < -0.3 is 5.32 Å². The monoisotopic (exact) mass is 224 g/mol. The van der Waals surface area contributed by atoms with E-state index < -0.39 is 17.5 Å². The first-order valence-corrected chi connectivity index (χ1v) is 4.28. The molecule has 0 spiro atoms. The molecule has 1 aromatic carbocycles. The van der Waals surface area contributed by atoms with Crippen LogP contribution in [0.25, 0.3) is 0 Å². The van der Waals surface area contributed by atoms with Crippen molar-refractivity contribution in [3.63, 3.8) is 0 Å². The maximum atomic E-state index is 12.8. The number of carbonyl (C=O) groups excluding carboxylic acids is 1. The highest BCUT2D eigenvalue weighted by Crippen LogP contribution is 2.13. The molecule has 2 rings (SSSR count). The minimum absolute atomic E-state index is 0.0190. The van der Waals surface area contributed by atoms with Gasteiger partial charge >= 0.3 is 0 Å². The molecule has 82 valence electrons. The molecule has 0 atom stereocenters. The van der Waals surface area contributed by atoms with Crippen molar-refractivity contribution in [1.82, 2.24) is 15.4 Å². The molecule has 0 aliphatic heterocycles. The second-order valence-corrected chi connectivity index (χ2v) is 2.97. The van der Waals surface area contributed by atoms with Crippen LogP contribution in [-0.2, 0) is 0 Å². The highest BCUT2D eigenvalue weighted by atomic mass is 19.1. The molecule has 1 aromatic heterocycles. The van der Waals surface area contributed by atoms with Crippen molar-refractivity contribution in [3.05, 3.63) is 41.7 Å². The number of benzene rings is 1. The Labute approximate surface area is 88.5 Å². The summed E-state index contributed by atoms with van der Waals surface area (Å²) in [6.45, 7) is 0. The van der Waals surface area contributed by atoms with Gasteiger partial charge in [-0.05, 0) is 12.1 Å². The van der Waals surface area contributed by atoms with Crippen LogP contribution >= 0.6 is 0 Å². The number of carbonyl (C=O) groups is 1. The molecule has 0 bridgehead atoms. The Bertz CT molecular complexity index is 492. The van der Waals surface area contributed by atoms with Gasteiger partial charge in [0.2, 0.25) is 0 Å². The average molecular weight is 224 g/mol. The first kappa shape index (κ1) is 10.2. The standard InChI is InChI=1S/C9H6F2N4O/c10-5-1-6(11)3-7(2-5)13-9(16)8-4-12-15-14-8/h1-4H,(H,13,16)(H,12,14,15). The molecule has 0 aliphatic carbocycles. The van der Waals surface area contributed by atoms with Crippen molar-refractivity contribution in [1.29, 1.82) is 0 Å². The van der Waals surface area contributed by atoms with Crippen LogP contribution in [0.2, 0.25) is 0 Å². The number of H-pyrrole nitrogens is 1. The van der Waals surface area contributed by atoms with E-state index in [1.54, 1.807) is 0 Å². The van der Waals surface area contributed by atoms with Gasteiger partial charge in [-0.3, -0.25) is 4.79 Å². The van der Waals surface area contributed by atoms with Crippen molar-refractivity contribution in [2.45, 2.75) is 0 Å². The van der Waals surface area contributed by atoms with E-state index in [4.69, 9.17) is 0 Å². The molecule has 7 heteroatoms. The van der Waals surface area contributed by atoms with Crippen LogP contribution < -0.4 is 5.32 Å². The number of aromatic nitrogens is 3. The molecule has 1 heterocycles. The quantitative estimate of drug-likeness (QED) is 0.808. The fourth-order valence-corrected chi connectivity index (χ4v) is 1.13. The van der Waals surface area contributed by atoms with Gasteiger partial charge in [0.25, 0.3) is 5.91 Å². The van der Waals surface area contributed by atoms with Crippen LogP contribution in [0.3, 0.4) is 0 Å². The lowest BCUT2D eigenvalue weighted by Crippen LogP contribution is -2.12. The van der Waals surface area contributed by atoms with Gasteiger partial charge in [-0.15, -0.1) is 0 Å². The van der Waals surface area contributed by atoms with E-state index in [0.29, 0.717) is 6.07 Å². The Morgan fingerprint density at radius 2 is 1.94 bits per heavy atom. The summed E-state index contributed by atoms with van der Waals surface area (Å²) in [6, 6.07) is 2.72. The fraction of sp³-hybridized carbons (Fsp3) is 0. The summed E-state index contributed by atoms with van der Waals surface area (Å²) in [6.07, 6.45) is 1.20. The number of rotatable bonds is 2. The molecule has 1 amide bonds. The zero-order chi connectivity index (χ0) is 11.5. The van der Waals surface area contributed by atoms with E-state index in [1.807, 2.05) is 0 Å². The van der Waals surface area contributed by atoms with E-state index >= 15 is 0 Å². The van der Waals surface area contributed by atoms with Crippen molar-refractivity contribution >= 4 is 11.6 Å². The molecule has 0 saturated heterocycles. The fourth-order valence-electron chi connectivity index (χ4n) is 1.13. The molecule has 16 heavy (non-hydrogen) atoms. The molecule has 0 unspecified atom stereocenters. The van der Waals surface area contributed by atoms with Crippen LogP contribution in [0.15, 0.2) is 24.4 Å². The van der Waals surface area contributed by atoms with E-state index in [9.17, 15) is 13.6 Å². The van der Waals surface area contributed by atoms with Crippen LogP contribution in [0.5, 0.6) is 0 Å². The summed E-state index contributed by atoms with van der Waals surface area (Å²) in [5.41, 5.74) is 0.0511.